The Morgan fingerprint density at radius 2 is 1.64 bits per heavy atom. The predicted molar refractivity (Wildman–Crippen MR) is 111 cm³/mol. The number of hydrogen-bond donors (Lipinski definition) is 1. The highest BCUT2D eigenvalue weighted by Gasteiger charge is 2.22. The minimum atomic E-state index is -0.518. The number of phenolic OH excluding ortho intramolecular Hbond substituents is 1. The molecule has 0 saturated carbocycles. The van der Waals surface area contributed by atoms with Crippen LogP contribution in [0.25, 0.3) is 11.0 Å². The number of rotatable bonds is 4. The fourth-order valence-electron chi connectivity index (χ4n) is 3.32. The Hall–Kier alpha value is -3.66. The van der Waals surface area contributed by atoms with Gasteiger partial charge in [0.15, 0.2) is 0 Å². The molecule has 4 heteroatoms. The molecule has 28 heavy (non-hydrogen) atoms. The molecule has 0 spiro atoms. The molecule has 0 aliphatic carbocycles. The average Bonchev–Trinajstić information content (AvgIpc) is 2.71. The normalized spacial score (nSPS) is 12.5. The van der Waals surface area contributed by atoms with E-state index in [1.807, 2.05) is 67.6 Å². The summed E-state index contributed by atoms with van der Waals surface area (Å²) in [6.07, 6.45) is 1.77. The third-order valence-corrected chi connectivity index (χ3v) is 4.70. The molecule has 4 aromatic rings. The summed E-state index contributed by atoms with van der Waals surface area (Å²) in [7, 11) is 0. The summed E-state index contributed by atoms with van der Waals surface area (Å²) >= 11 is 0. The van der Waals surface area contributed by atoms with Gasteiger partial charge in [-0.3, -0.25) is 4.99 Å². The zero-order valence-electron chi connectivity index (χ0n) is 15.4. The first kappa shape index (κ1) is 17.7. The van der Waals surface area contributed by atoms with Gasteiger partial charge in [0, 0.05) is 17.7 Å². The maximum absolute atomic E-state index is 12.0. The van der Waals surface area contributed by atoms with Crippen LogP contribution in [-0.2, 0) is 0 Å². The van der Waals surface area contributed by atoms with Crippen molar-refractivity contribution in [2.24, 2.45) is 4.99 Å². The highest BCUT2D eigenvalue weighted by atomic mass is 16.4. The molecule has 4 nitrogen and oxygen atoms in total. The van der Waals surface area contributed by atoms with E-state index in [-0.39, 0.29) is 5.75 Å². The SMILES string of the molecule is Cc1cc(=O)oc2c(C(N=Cc3ccccc3)c3ccccc3)c(O)ccc12. The molecule has 0 aliphatic heterocycles. The van der Waals surface area contributed by atoms with E-state index >= 15 is 0 Å². The maximum atomic E-state index is 12.0. The minimum absolute atomic E-state index is 0.0420. The summed E-state index contributed by atoms with van der Waals surface area (Å²) in [5.74, 6) is 0.0420. The van der Waals surface area contributed by atoms with Gasteiger partial charge in [0.2, 0.25) is 0 Å². The van der Waals surface area contributed by atoms with Gasteiger partial charge in [-0.15, -0.1) is 0 Å². The minimum Gasteiger partial charge on any atom is -0.507 e. The summed E-state index contributed by atoms with van der Waals surface area (Å²) < 4.78 is 5.52. The number of aryl methyl sites for hydroxylation is 1. The summed E-state index contributed by atoms with van der Waals surface area (Å²) in [6, 6.07) is 23.7. The van der Waals surface area contributed by atoms with Crippen LogP contribution in [0.15, 0.2) is 93.1 Å². The van der Waals surface area contributed by atoms with Gasteiger partial charge in [0.05, 0.1) is 5.56 Å². The van der Waals surface area contributed by atoms with Gasteiger partial charge in [-0.1, -0.05) is 60.7 Å². The van der Waals surface area contributed by atoms with Crippen LogP contribution < -0.4 is 5.63 Å². The van der Waals surface area contributed by atoms with Crippen LogP contribution in [0.4, 0.5) is 0 Å². The Kier molecular flexibility index (Phi) is 4.77. The van der Waals surface area contributed by atoms with Crippen LogP contribution in [0.5, 0.6) is 5.75 Å². The molecule has 0 amide bonds. The van der Waals surface area contributed by atoms with Crippen molar-refractivity contribution in [3.63, 3.8) is 0 Å². The van der Waals surface area contributed by atoms with Crippen molar-refractivity contribution in [2.45, 2.75) is 13.0 Å². The summed E-state index contributed by atoms with van der Waals surface area (Å²) in [4.78, 5) is 16.8. The molecule has 0 bridgehead atoms. The van der Waals surface area contributed by atoms with E-state index in [1.54, 1.807) is 18.3 Å². The molecule has 3 aromatic carbocycles. The smallest absolute Gasteiger partial charge is 0.336 e. The summed E-state index contributed by atoms with van der Waals surface area (Å²) in [5, 5.41) is 11.5. The molecule has 0 radical (unpaired) electrons. The second-order valence-electron chi connectivity index (χ2n) is 6.63. The number of nitrogens with zero attached hydrogens (tertiary/aromatic N) is 1. The highest BCUT2D eigenvalue weighted by Crippen LogP contribution is 2.38. The van der Waals surface area contributed by atoms with E-state index in [2.05, 4.69) is 0 Å². The van der Waals surface area contributed by atoms with Gasteiger partial charge in [0.1, 0.15) is 17.4 Å². The second-order valence-corrected chi connectivity index (χ2v) is 6.63. The fourth-order valence-corrected chi connectivity index (χ4v) is 3.32. The van der Waals surface area contributed by atoms with E-state index in [1.165, 1.54) is 6.07 Å². The first-order valence-electron chi connectivity index (χ1n) is 9.03. The van der Waals surface area contributed by atoms with Crippen molar-refractivity contribution in [1.82, 2.24) is 0 Å². The van der Waals surface area contributed by atoms with Crippen molar-refractivity contribution in [1.29, 1.82) is 0 Å². The van der Waals surface area contributed by atoms with Crippen molar-refractivity contribution in [2.75, 3.05) is 0 Å². The molecule has 1 unspecified atom stereocenters. The maximum Gasteiger partial charge on any atom is 0.336 e. The zero-order chi connectivity index (χ0) is 19.5. The summed E-state index contributed by atoms with van der Waals surface area (Å²) in [5.41, 5.74) is 3.03. The van der Waals surface area contributed by atoms with Gasteiger partial charge in [-0.25, -0.2) is 4.79 Å². The number of aromatic hydroxyl groups is 1. The lowest BCUT2D eigenvalue weighted by molar-refractivity contribution is 0.462. The van der Waals surface area contributed by atoms with Gasteiger partial charge in [-0.05, 0) is 35.7 Å². The molecule has 1 heterocycles. The monoisotopic (exact) mass is 369 g/mol. The van der Waals surface area contributed by atoms with Gasteiger partial charge < -0.3 is 9.52 Å². The van der Waals surface area contributed by atoms with Crippen molar-refractivity contribution >= 4 is 17.2 Å². The number of fused-ring (bicyclic) bond motifs is 1. The molecule has 0 fully saturated rings. The zero-order valence-corrected chi connectivity index (χ0v) is 15.4. The lowest BCUT2D eigenvalue weighted by Gasteiger charge is -2.17. The Morgan fingerprint density at radius 1 is 0.964 bits per heavy atom. The first-order valence-corrected chi connectivity index (χ1v) is 9.03. The fraction of sp³-hybridized carbons (Fsp3) is 0.0833. The van der Waals surface area contributed by atoms with Gasteiger partial charge in [-0.2, -0.15) is 0 Å². The highest BCUT2D eigenvalue weighted by molar-refractivity contribution is 5.86. The van der Waals surface area contributed by atoms with Crippen molar-refractivity contribution in [3.8, 4) is 5.75 Å². The van der Waals surface area contributed by atoms with Crippen LogP contribution in [0.1, 0.15) is 28.3 Å². The average molecular weight is 369 g/mol. The molecule has 1 aromatic heterocycles. The molecule has 1 atom stereocenters. The molecule has 4 rings (SSSR count). The lowest BCUT2D eigenvalue weighted by Crippen LogP contribution is -2.05. The third-order valence-electron chi connectivity index (χ3n) is 4.70. The van der Waals surface area contributed by atoms with Gasteiger partial charge >= 0.3 is 5.63 Å². The van der Waals surface area contributed by atoms with Gasteiger partial charge in [0.25, 0.3) is 0 Å². The van der Waals surface area contributed by atoms with Crippen LogP contribution in [0, 0.1) is 6.92 Å². The van der Waals surface area contributed by atoms with E-state index in [4.69, 9.17) is 9.41 Å². The van der Waals surface area contributed by atoms with Crippen molar-refractivity contribution in [3.05, 3.63) is 112 Å². The number of phenols is 1. The van der Waals surface area contributed by atoms with E-state index in [0.29, 0.717) is 11.1 Å². The van der Waals surface area contributed by atoms with Crippen LogP contribution >= 0.6 is 0 Å². The lowest BCUT2D eigenvalue weighted by atomic mass is 9.95. The van der Waals surface area contributed by atoms with Crippen LogP contribution in [-0.4, -0.2) is 11.3 Å². The van der Waals surface area contributed by atoms with Crippen LogP contribution in [0.2, 0.25) is 0 Å². The Morgan fingerprint density at radius 3 is 2.36 bits per heavy atom. The van der Waals surface area contributed by atoms with Crippen molar-refractivity contribution < 1.29 is 9.52 Å². The number of benzene rings is 3. The van der Waals surface area contributed by atoms with E-state index in [9.17, 15) is 9.90 Å². The largest absolute Gasteiger partial charge is 0.507 e. The topological polar surface area (TPSA) is 62.8 Å². The van der Waals surface area contributed by atoms with Crippen LogP contribution in [0.3, 0.4) is 0 Å². The Balaban J connectivity index is 1.96. The molecule has 1 N–H and O–H groups in total. The predicted octanol–water partition coefficient (Wildman–Crippen LogP) is 5.02. The van der Waals surface area contributed by atoms with E-state index < -0.39 is 11.7 Å². The quantitative estimate of drug-likeness (QED) is 0.406. The Bertz CT molecular complexity index is 1200. The molecular weight excluding hydrogens is 350 g/mol. The first-order chi connectivity index (χ1) is 13.6. The summed E-state index contributed by atoms with van der Waals surface area (Å²) in [6.45, 7) is 1.85. The molecule has 0 aliphatic rings. The number of hydrogen-bond acceptors (Lipinski definition) is 4. The van der Waals surface area contributed by atoms with E-state index in [0.717, 1.165) is 22.1 Å². The second kappa shape index (κ2) is 7.53. The number of aliphatic imine (C=N–C) groups is 1. The molecule has 138 valence electrons. The molecular formula is C24H19NO3. The Labute approximate surface area is 162 Å². The molecule has 0 saturated heterocycles. The standard InChI is InChI=1S/C24H19NO3/c1-16-14-21(27)28-24-19(16)12-13-20(26)22(24)23(18-10-6-3-7-11-18)25-15-17-8-4-2-5-9-17/h2-15,23,26H,1H3. The third kappa shape index (κ3) is 3.45.